The van der Waals surface area contributed by atoms with Crippen LogP contribution in [0.15, 0.2) is 47.4 Å². The molecule has 0 bridgehead atoms. The van der Waals surface area contributed by atoms with Gasteiger partial charge in [-0.15, -0.1) is 0 Å². The molecule has 3 N–H and O–H groups in total. The Morgan fingerprint density at radius 2 is 1.81 bits per heavy atom. The molecule has 8 nitrogen and oxygen atoms in total. The fourth-order valence-electron chi connectivity index (χ4n) is 4.79. The Hall–Kier alpha value is -2.53. The van der Waals surface area contributed by atoms with E-state index in [4.69, 9.17) is 17.3 Å². The molecule has 0 spiro atoms. The number of hydrogen-bond donors (Lipinski definition) is 2. The molecule has 1 saturated carbocycles. The van der Waals surface area contributed by atoms with Gasteiger partial charge in [0, 0.05) is 30.7 Å². The van der Waals surface area contributed by atoms with Crippen LogP contribution in [0.1, 0.15) is 48.0 Å². The molecule has 1 aliphatic carbocycles. The first-order valence-corrected chi connectivity index (χ1v) is 13.8. The molecule has 4 rings (SSSR count). The first-order valence-electron chi connectivity index (χ1n) is 12.0. The lowest BCUT2D eigenvalue weighted by Crippen LogP contribution is -2.64. The third kappa shape index (κ3) is 5.56. The lowest BCUT2D eigenvalue weighted by molar-refractivity contribution is -0.132. The van der Waals surface area contributed by atoms with Crippen LogP contribution in [0.5, 0.6) is 0 Å². The van der Waals surface area contributed by atoms with E-state index in [0.717, 1.165) is 40.9 Å². The van der Waals surface area contributed by atoms with E-state index < -0.39 is 33.8 Å². The van der Waals surface area contributed by atoms with Crippen molar-refractivity contribution in [2.24, 2.45) is 5.73 Å². The van der Waals surface area contributed by atoms with Gasteiger partial charge in [0.05, 0.1) is 9.92 Å². The summed E-state index contributed by atoms with van der Waals surface area (Å²) in [6.45, 7) is 2.07. The van der Waals surface area contributed by atoms with Crippen molar-refractivity contribution in [2.45, 2.75) is 62.2 Å². The molecular formula is C25H30ClFN4O4S. The standard InChI is InChI=1S/C25H30ClFN4O4S/c1-16-4-2-5-17(14-16)25(33)30-12-3-13-31(36(34,35)20-10-11-22(27)21(26)15-20)24(30)23(32)29-19-8-6-18(28)7-9-19/h2,4-5,10-11,14-15,18-19,24H,3,6-9,12-13,28H2,1H3,(H,29,32). The molecule has 2 aliphatic rings. The van der Waals surface area contributed by atoms with Crippen molar-refractivity contribution in [2.75, 3.05) is 13.1 Å². The van der Waals surface area contributed by atoms with Crippen molar-refractivity contribution in [1.82, 2.24) is 14.5 Å². The van der Waals surface area contributed by atoms with Crippen molar-refractivity contribution in [3.63, 3.8) is 0 Å². The van der Waals surface area contributed by atoms with Crippen molar-refractivity contribution in [3.05, 3.63) is 64.4 Å². The van der Waals surface area contributed by atoms with Gasteiger partial charge >= 0.3 is 0 Å². The van der Waals surface area contributed by atoms with E-state index in [2.05, 4.69) is 5.32 Å². The maximum Gasteiger partial charge on any atom is 0.259 e. The number of nitrogens with two attached hydrogens (primary N) is 1. The van der Waals surface area contributed by atoms with Crippen LogP contribution < -0.4 is 11.1 Å². The van der Waals surface area contributed by atoms with Crippen LogP contribution in [0.2, 0.25) is 5.02 Å². The van der Waals surface area contributed by atoms with Gasteiger partial charge in [-0.2, -0.15) is 4.31 Å². The summed E-state index contributed by atoms with van der Waals surface area (Å²) in [5.74, 6) is -1.77. The smallest absolute Gasteiger partial charge is 0.259 e. The van der Waals surface area contributed by atoms with Gasteiger partial charge in [-0.05, 0) is 69.4 Å². The highest BCUT2D eigenvalue weighted by molar-refractivity contribution is 7.89. The average Bonchev–Trinajstić information content (AvgIpc) is 2.86. The molecule has 0 aromatic heterocycles. The predicted octanol–water partition coefficient (Wildman–Crippen LogP) is 3.04. The molecule has 11 heteroatoms. The number of aryl methyl sites for hydroxylation is 1. The van der Waals surface area contributed by atoms with Gasteiger partial charge in [-0.3, -0.25) is 9.59 Å². The molecule has 36 heavy (non-hydrogen) atoms. The Labute approximate surface area is 215 Å². The van der Waals surface area contributed by atoms with E-state index in [-0.39, 0.29) is 35.1 Å². The Bertz CT molecular complexity index is 1250. The largest absolute Gasteiger partial charge is 0.350 e. The van der Waals surface area contributed by atoms with Crippen molar-refractivity contribution < 1.29 is 22.4 Å². The van der Waals surface area contributed by atoms with E-state index in [1.54, 1.807) is 18.2 Å². The minimum atomic E-state index is -4.29. The SMILES string of the molecule is Cc1cccc(C(=O)N2CCCN(S(=O)(=O)c3ccc(F)c(Cl)c3)C2C(=O)NC2CCC(N)CC2)c1. The fourth-order valence-corrected chi connectivity index (χ4v) is 6.65. The average molecular weight is 537 g/mol. The number of benzene rings is 2. The summed E-state index contributed by atoms with van der Waals surface area (Å²) in [4.78, 5) is 28.2. The summed E-state index contributed by atoms with van der Waals surface area (Å²) in [6, 6.07) is 9.93. The minimum absolute atomic E-state index is 0.0164. The van der Waals surface area contributed by atoms with Crippen LogP contribution in [-0.2, 0) is 14.8 Å². The van der Waals surface area contributed by atoms with Gasteiger partial charge in [0.1, 0.15) is 5.82 Å². The van der Waals surface area contributed by atoms with E-state index >= 15 is 0 Å². The first kappa shape index (κ1) is 26.5. The topological polar surface area (TPSA) is 113 Å². The Morgan fingerprint density at radius 3 is 2.47 bits per heavy atom. The number of sulfonamides is 1. The third-order valence-electron chi connectivity index (χ3n) is 6.72. The van der Waals surface area contributed by atoms with Gasteiger partial charge in [0.2, 0.25) is 10.0 Å². The van der Waals surface area contributed by atoms with Gasteiger partial charge in [-0.1, -0.05) is 29.3 Å². The molecule has 2 amide bonds. The lowest BCUT2D eigenvalue weighted by atomic mass is 9.92. The molecule has 1 aliphatic heterocycles. The number of nitrogens with one attached hydrogen (secondary N) is 1. The van der Waals surface area contributed by atoms with Gasteiger partial charge < -0.3 is 16.0 Å². The molecule has 0 radical (unpaired) electrons. The van der Waals surface area contributed by atoms with Crippen molar-refractivity contribution >= 4 is 33.4 Å². The van der Waals surface area contributed by atoms with Crippen LogP contribution in [0.25, 0.3) is 0 Å². The third-order valence-corrected chi connectivity index (χ3v) is 8.86. The van der Waals surface area contributed by atoms with Crippen molar-refractivity contribution in [1.29, 1.82) is 0 Å². The quantitative estimate of drug-likeness (QED) is 0.610. The monoisotopic (exact) mass is 536 g/mol. The number of amides is 2. The molecule has 2 aromatic rings. The second-order valence-electron chi connectivity index (χ2n) is 9.41. The molecule has 1 unspecified atom stereocenters. The highest BCUT2D eigenvalue weighted by Gasteiger charge is 2.45. The molecule has 2 fully saturated rings. The zero-order valence-corrected chi connectivity index (χ0v) is 21.6. The zero-order valence-electron chi connectivity index (χ0n) is 20.0. The first-order chi connectivity index (χ1) is 17.1. The van der Waals surface area contributed by atoms with Crippen LogP contribution in [0.4, 0.5) is 4.39 Å². The normalized spacial score (nSPS) is 23.3. The maximum atomic E-state index is 13.7. The molecule has 1 saturated heterocycles. The van der Waals surface area contributed by atoms with Gasteiger partial charge in [0.25, 0.3) is 11.8 Å². The highest BCUT2D eigenvalue weighted by atomic mass is 35.5. The summed E-state index contributed by atoms with van der Waals surface area (Å²) >= 11 is 5.86. The number of carbonyl (C=O) groups is 2. The van der Waals surface area contributed by atoms with E-state index in [1.165, 1.54) is 4.90 Å². The second kappa shape index (κ2) is 10.8. The molecule has 194 valence electrons. The summed E-state index contributed by atoms with van der Waals surface area (Å²) in [7, 11) is -4.29. The molecule has 2 aromatic carbocycles. The van der Waals surface area contributed by atoms with Crippen LogP contribution in [-0.4, -0.2) is 60.8 Å². The van der Waals surface area contributed by atoms with Crippen molar-refractivity contribution in [3.8, 4) is 0 Å². The van der Waals surface area contributed by atoms with Gasteiger partial charge in [-0.25, -0.2) is 12.8 Å². The number of carbonyl (C=O) groups excluding carboxylic acids is 2. The van der Waals surface area contributed by atoms with Crippen LogP contribution >= 0.6 is 11.6 Å². The Balaban J connectivity index is 1.71. The zero-order chi connectivity index (χ0) is 26.0. The number of rotatable bonds is 5. The van der Waals surface area contributed by atoms with E-state index in [1.807, 2.05) is 13.0 Å². The summed E-state index contributed by atoms with van der Waals surface area (Å²) in [5.41, 5.74) is 7.21. The maximum absolute atomic E-state index is 13.7. The van der Waals surface area contributed by atoms with Crippen LogP contribution in [0, 0.1) is 12.7 Å². The fraction of sp³-hybridized carbons (Fsp3) is 0.440. The summed E-state index contributed by atoms with van der Waals surface area (Å²) in [6.07, 6.45) is 1.76. The van der Waals surface area contributed by atoms with Crippen LogP contribution in [0.3, 0.4) is 0 Å². The number of nitrogens with zero attached hydrogens (tertiary/aromatic N) is 2. The van der Waals surface area contributed by atoms with E-state index in [0.29, 0.717) is 24.8 Å². The molecular weight excluding hydrogens is 507 g/mol. The summed E-state index contributed by atoms with van der Waals surface area (Å²) < 4.78 is 42.1. The van der Waals surface area contributed by atoms with E-state index in [9.17, 15) is 22.4 Å². The molecule has 1 atom stereocenters. The lowest BCUT2D eigenvalue weighted by Gasteiger charge is -2.42. The number of hydrogen-bond acceptors (Lipinski definition) is 5. The Morgan fingerprint density at radius 1 is 1.08 bits per heavy atom. The van der Waals surface area contributed by atoms with Gasteiger partial charge in [0.15, 0.2) is 6.17 Å². The Kier molecular flexibility index (Phi) is 7.99. The highest BCUT2D eigenvalue weighted by Crippen LogP contribution is 2.29. The summed E-state index contributed by atoms with van der Waals surface area (Å²) in [5, 5.41) is 2.60. The number of halogens is 2. The predicted molar refractivity (Wildman–Crippen MR) is 134 cm³/mol. The minimum Gasteiger partial charge on any atom is -0.350 e. The molecule has 1 heterocycles. The second-order valence-corrected chi connectivity index (χ2v) is 11.7.